The molecule has 0 aliphatic rings. The maximum absolute atomic E-state index is 12.9. The Kier molecular flexibility index (Phi) is 15.1. The van der Waals surface area contributed by atoms with Gasteiger partial charge in [-0.25, -0.2) is 12.7 Å². The van der Waals surface area contributed by atoms with E-state index in [4.69, 9.17) is 18.9 Å². The highest BCUT2D eigenvalue weighted by Crippen LogP contribution is 2.33. The average Bonchev–Trinajstić information content (AvgIpc) is 2.91. The fourth-order valence-electron chi connectivity index (χ4n) is 3.99. The van der Waals surface area contributed by atoms with Gasteiger partial charge in [0.05, 0.1) is 18.0 Å². The largest absolute Gasteiger partial charge is 0.484 e. The molecule has 0 saturated heterocycles. The molecule has 1 unspecified atom stereocenters. The van der Waals surface area contributed by atoms with Crippen LogP contribution in [0.4, 0.5) is 5.69 Å². The molecule has 2 aromatic rings. The van der Waals surface area contributed by atoms with Crippen LogP contribution in [0.5, 0.6) is 11.5 Å². The molecule has 14 heteroatoms. The quantitative estimate of drug-likeness (QED) is 0.101. The Morgan fingerprint density at radius 3 is 2.09 bits per heavy atom. The Bertz CT molecular complexity index is 1360. The second-order valence-electron chi connectivity index (χ2n) is 13.6. The van der Waals surface area contributed by atoms with Crippen molar-refractivity contribution in [3.8, 4) is 11.5 Å². The lowest BCUT2D eigenvalue weighted by molar-refractivity contribution is -0.123. The molecule has 0 aromatic heterocycles. The van der Waals surface area contributed by atoms with E-state index in [2.05, 4.69) is 60.5 Å². The fourth-order valence-corrected chi connectivity index (χ4v) is 6.50. The predicted molar refractivity (Wildman–Crippen MR) is 189 cm³/mol. The minimum atomic E-state index is -3.79. The summed E-state index contributed by atoms with van der Waals surface area (Å²) < 4.78 is 51.0. The second-order valence-corrected chi connectivity index (χ2v) is 27.6. The van der Waals surface area contributed by atoms with Crippen LogP contribution in [0.2, 0.25) is 51.4 Å². The van der Waals surface area contributed by atoms with Gasteiger partial charge in [0.2, 0.25) is 10.0 Å². The van der Waals surface area contributed by atoms with E-state index in [0.717, 1.165) is 38.2 Å². The van der Waals surface area contributed by atoms with Crippen LogP contribution in [-0.2, 0) is 24.3 Å². The Labute approximate surface area is 280 Å². The van der Waals surface area contributed by atoms with Crippen LogP contribution < -0.4 is 19.1 Å². The van der Waals surface area contributed by atoms with Gasteiger partial charge in [-0.1, -0.05) is 61.3 Å². The van der Waals surface area contributed by atoms with Gasteiger partial charge >= 0.3 is 0 Å². The van der Waals surface area contributed by atoms with Crippen LogP contribution in [0.15, 0.2) is 34.8 Å². The van der Waals surface area contributed by atoms with E-state index in [1.165, 1.54) is 0 Å². The number of sulfonamides is 1. The van der Waals surface area contributed by atoms with Crippen LogP contribution in [0.25, 0.3) is 0 Å². The first-order valence-electron chi connectivity index (χ1n) is 15.0. The molecule has 10 nitrogen and oxygen atoms in total. The van der Waals surface area contributed by atoms with Crippen molar-refractivity contribution in [1.29, 1.82) is 0 Å². The van der Waals surface area contributed by atoms with Crippen LogP contribution >= 0.6 is 15.9 Å². The Morgan fingerprint density at radius 2 is 1.53 bits per heavy atom. The Hall–Kier alpha value is -1.95. The zero-order valence-corrected chi connectivity index (χ0v) is 32.6. The molecule has 1 atom stereocenters. The summed E-state index contributed by atoms with van der Waals surface area (Å²) in [7, 11) is -6.47. The molecule has 0 radical (unpaired) electrons. The third kappa shape index (κ3) is 14.6. The van der Waals surface area contributed by atoms with Crippen LogP contribution in [0.3, 0.4) is 0 Å². The van der Waals surface area contributed by atoms with Crippen molar-refractivity contribution >= 4 is 53.7 Å². The Morgan fingerprint density at radius 1 is 0.956 bits per heavy atom. The number of benzene rings is 2. The maximum Gasteiger partial charge on any atom is 0.258 e. The molecule has 0 bridgehead atoms. The summed E-state index contributed by atoms with van der Waals surface area (Å²) in [5, 5.41) is 13.6. The van der Waals surface area contributed by atoms with Crippen molar-refractivity contribution in [3.05, 3.63) is 51.5 Å². The van der Waals surface area contributed by atoms with Gasteiger partial charge in [-0.05, 0) is 66.9 Å². The zero-order chi connectivity index (χ0) is 34.0. The smallest absolute Gasteiger partial charge is 0.258 e. The number of aliphatic hydroxyl groups is 1. The highest BCUT2D eigenvalue weighted by molar-refractivity contribution is 9.10. The fraction of sp³-hybridized carbons (Fsp3) is 0.581. The van der Waals surface area contributed by atoms with Gasteiger partial charge in [0.15, 0.2) is 13.4 Å². The molecule has 0 aliphatic heterocycles. The number of carbonyl (C=O) groups excluding carboxylic acids is 1. The molecule has 2 aromatic carbocycles. The zero-order valence-electron chi connectivity index (χ0n) is 28.2. The number of halogens is 1. The van der Waals surface area contributed by atoms with Gasteiger partial charge in [0.1, 0.15) is 18.2 Å². The number of hydrogen-bond acceptors (Lipinski definition) is 8. The molecular formula is C31H51BrN2O8SSi2. The number of amides is 1. The summed E-state index contributed by atoms with van der Waals surface area (Å²) in [4.78, 5) is 12.5. The van der Waals surface area contributed by atoms with Gasteiger partial charge in [-0.15, -0.1) is 0 Å². The van der Waals surface area contributed by atoms with Crippen molar-refractivity contribution in [1.82, 2.24) is 5.32 Å². The minimum absolute atomic E-state index is 0.0546. The van der Waals surface area contributed by atoms with E-state index in [0.29, 0.717) is 24.5 Å². The molecule has 45 heavy (non-hydrogen) atoms. The van der Waals surface area contributed by atoms with Crippen LogP contribution in [0.1, 0.15) is 22.8 Å². The van der Waals surface area contributed by atoms with Gasteiger partial charge in [-0.3, -0.25) is 4.79 Å². The molecule has 0 aliphatic carbocycles. The average molecular weight is 748 g/mol. The highest BCUT2D eigenvalue weighted by atomic mass is 79.9. The third-order valence-corrected chi connectivity index (χ3v) is 12.6. The van der Waals surface area contributed by atoms with E-state index in [-0.39, 0.29) is 38.1 Å². The Balaban J connectivity index is 2.17. The summed E-state index contributed by atoms with van der Waals surface area (Å²) in [6.45, 7) is 17.7. The number of anilines is 1. The van der Waals surface area contributed by atoms with E-state index in [1.807, 2.05) is 26.0 Å². The van der Waals surface area contributed by atoms with Gasteiger partial charge in [0.25, 0.3) is 5.91 Å². The molecule has 254 valence electrons. The second kappa shape index (κ2) is 17.3. The molecular weight excluding hydrogens is 696 g/mol. The molecule has 0 spiro atoms. The number of aryl methyl sites for hydroxylation is 2. The van der Waals surface area contributed by atoms with Crippen LogP contribution in [-0.4, -0.2) is 81.7 Å². The molecule has 0 fully saturated rings. The van der Waals surface area contributed by atoms with Crippen LogP contribution in [0, 0.1) is 13.8 Å². The lowest BCUT2D eigenvalue weighted by atomic mass is 10.1. The number of carbonyl (C=O) groups is 1. The normalized spacial score (nSPS) is 13.0. The van der Waals surface area contributed by atoms with Gasteiger partial charge in [0, 0.05) is 40.4 Å². The standard InChI is InChI=1S/C31H51BrN2O8SSi2/c1-23-16-26(17-24(2)31(23)32)41-20-30(36)33-19-28(35)25-10-11-29(42-22-40-13-15-45(7,8)9)27(18-25)34(43(3,37)38)21-39-12-14-44(4,5)6/h10-11,16-18,28,35H,12-15,19-22H2,1-9H3,(H,33,36). The van der Waals surface area contributed by atoms with E-state index < -0.39 is 38.2 Å². The SMILES string of the molecule is Cc1cc(OCC(=O)NCC(O)c2ccc(OCOCC[Si](C)(C)C)c(N(COCC[Si](C)(C)C)S(C)(=O)=O)c2)cc(C)c1Br. The summed E-state index contributed by atoms with van der Waals surface area (Å²) in [5.41, 5.74) is 2.60. The van der Waals surface area contributed by atoms with Crippen molar-refractivity contribution in [2.24, 2.45) is 0 Å². The molecule has 0 heterocycles. The number of nitrogens with one attached hydrogen (secondary N) is 1. The molecule has 2 N–H and O–H groups in total. The first-order chi connectivity index (χ1) is 20.8. The minimum Gasteiger partial charge on any atom is -0.484 e. The van der Waals surface area contributed by atoms with E-state index >= 15 is 0 Å². The van der Waals surface area contributed by atoms with Crippen molar-refractivity contribution < 1.29 is 37.3 Å². The first-order valence-corrected chi connectivity index (χ1v) is 25.1. The summed E-state index contributed by atoms with van der Waals surface area (Å²) in [6.07, 6.45) is -0.0259. The lowest BCUT2D eigenvalue weighted by Crippen LogP contribution is -2.34. The summed E-state index contributed by atoms with van der Waals surface area (Å²) in [5.74, 6) is 0.439. The van der Waals surface area contributed by atoms with Gasteiger partial charge in [-0.2, -0.15) is 0 Å². The highest BCUT2D eigenvalue weighted by Gasteiger charge is 2.24. The summed E-state index contributed by atoms with van der Waals surface area (Å²) >= 11 is 3.52. The molecule has 2 rings (SSSR count). The number of ether oxygens (including phenoxy) is 4. The van der Waals surface area contributed by atoms with Gasteiger partial charge < -0.3 is 29.4 Å². The van der Waals surface area contributed by atoms with Crippen molar-refractivity contribution in [2.75, 3.05) is 50.5 Å². The molecule has 1 amide bonds. The summed E-state index contributed by atoms with van der Waals surface area (Å²) in [6, 6.07) is 10.3. The number of hydrogen-bond donors (Lipinski definition) is 2. The molecule has 0 saturated carbocycles. The van der Waals surface area contributed by atoms with Crippen molar-refractivity contribution in [2.45, 2.75) is 71.3 Å². The predicted octanol–water partition coefficient (Wildman–Crippen LogP) is 6.06. The number of rotatable bonds is 19. The lowest BCUT2D eigenvalue weighted by Gasteiger charge is -2.26. The number of nitrogens with zero attached hydrogens (tertiary/aromatic N) is 1. The van der Waals surface area contributed by atoms with E-state index in [1.54, 1.807) is 18.2 Å². The maximum atomic E-state index is 12.9. The number of aliphatic hydroxyl groups excluding tert-OH is 1. The first kappa shape index (κ1) is 39.2. The third-order valence-electron chi connectivity index (χ3n) is 6.81. The van der Waals surface area contributed by atoms with E-state index in [9.17, 15) is 18.3 Å². The van der Waals surface area contributed by atoms with Crippen molar-refractivity contribution in [3.63, 3.8) is 0 Å². The topological polar surface area (TPSA) is 124 Å². The monoisotopic (exact) mass is 746 g/mol.